The molecular weight excluding hydrogens is 276 g/mol. The number of nitrogens with two attached hydrogens (primary N) is 1. The highest BCUT2D eigenvalue weighted by Gasteiger charge is 2.14. The van der Waals surface area contributed by atoms with Gasteiger partial charge in [0.1, 0.15) is 5.82 Å². The third kappa shape index (κ3) is 2.08. The average Bonchev–Trinajstić information content (AvgIpc) is 2.75. The maximum absolute atomic E-state index is 13.6. The molecule has 1 heterocycles. The van der Waals surface area contributed by atoms with Gasteiger partial charge < -0.3 is 10.5 Å². The van der Waals surface area contributed by atoms with Crippen LogP contribution in [0.3, 0.4) is 0 Å². The Balaban J connectivity index is 2.29. The maximum atomic E-state index is 13.6. The Morgan fingerprint density at radius 2 is 1.90 bits per heavy atom. The molecule has 108 valence electrons. The number of ether oxygens (including phenoxy) is 1. The minimum absolute atomic E-state index is 0.104. The number of benzene rings is 2. The number of rotatable bonds is 2. The molecule has 0 aliphatic rings. The topological polar surface area (TPSA) is 53.1 Å². The largest absolute Gasteiger partial charge is 0.494 e. The Labute approximate surface area is 119 Å². The molecule has 0 aliphatic heterocycles. The highest BCUT2D eigenvalue weighted by molar-refractivity contribution is 5.81. The molecule has 0 unspecified atom stereocenters. The first-order chi connectivity index (χ1) is 10.0. The fourth-order valence-electron chi connectivity index (χ4n) is 2.28. The van der Waals surface area contributed by atoms with Crippen LogP contribution in [0.2, 0.25) is 0 Å². The smallest absolute Gasteiger partial charge is 0.205 e. The summed E-state index contributed by atoms with van der Waals surface area (Å²) in [5.41, 5.74) is 8.09. The Bertz CT molecular complexity index is 843. The lowest BCUT2D eigenvalue weighted by Gasteiger charge is -2.09. The third-order valence-electron chi connectivity index (χ3n) is 3.35. The van der Waals surface area contributed by atoms with E-state index in [2.05, 4.69) is 4.98 Å². The van der Waals surface area contributed by atoms with E-state index in [-0.39, 0.29) is 17.5 Å². The number of imidazole rings is 1. The van der Waals surface area contributed by atoms with Gasteiger partial charge in [0.15, 0.2) is 11.6 Å². The second-order valence-corrected chi connectivity index (χ2v) is 4.71. The predicted molar refractivity (Wildman–Crippen MR) is 76.7 cm³/mol. The van der Waals surface area contributed by atoms with E-state index in [0.29, 0.717) is 22.3 Å². The van der Waals surface area contributed by atoms with Crippen LogP contribution in [-0.4, -0.2) is 16.7 Å². The van der Waals surface area contributed by atoms with E-state index in [9.17, 15) is 8.78 Å². The van der Waals surface area contributed by atoms with Crippen molar-refractivity contribution in [3.63, 3.8) is 0 Å². The van der Waals surface area contributed by atoms with Crippen LogP contribution in [0, 0.1) is 18.6 Å². The molecule has 3 rings (SSSR count). The number of anilines is 1. The molecule has 0 saturated heterocycles. The van der Waals surface area contributed by atoms with E-state index < -0.39 is 5.82 Å². The van der Waals surface area contributed by atoms with Gasteiger partial charge in [0, 0.05) is 12.1 Å². The summed E-state index contributed by atoms with van der Waals surface area (Å²) in [6, 6.07) is 7.36. The van der Waals surface area contributed by atoms with Crippen LogP contribution in [0.4, 0.5) is 14.7 Å². The number of aromatic nitrogens is 2. The SMILES string of the molecule is COc1cc(-n2c(N)nc3cc(F)c(C)cc32)ccc1F. The van der Waals surface area contributed by atoms with Crippen molar-refractivity contribution in [3.8, 4) is 11.4 Å². The molecule has 0 fully saturated rings. The molecule has 6 heteroatoms. The first-order valence-electron chi connectivity index (χ1n) is 6.29. The average molecular weight is 289 g/mol. The van der Waals surface area contributed by atoms with Gasteiger partial charge in [-0.1, -0.05) is 0 Å². The minimum Gasteiger partial charge on any atom is -0.494 e. The highest BCUT2D eigenvalue weighted by Crippen LogP contribution is 2.28. The van der Waals surface area contributed by atoms with Gasteiger partial charge in [-0.15, -0.1) is 0 Å². The summed E-state index contributed by atoms with van der Waals surface area (Å²) < 4.78 is 33.7. The Morgan fingerprint density at radius 3 is 2.62 bits per heavy atom. The van der Waals surface area contributed by atoms with Gasteiger partial charge in [0.25, 0.3) is 0 Å². The number of aryl methyl sites for hydroxylation is 1. The zero-order valence-electron chi connectivity index (χ0n) is 11.5. The van der Waals surface area contributed by atoms with E-state index in [1.807, 2.05) is 0 Å². The van der Waals surface area contributed by atoms with Crippen molar-refractivity contribution in [2.75, 3.05) is 12.8 Å². The van der Waals surface area contributed by atoms with E-state index >= 15 is 0 Å². The molecule has 0 radical (unpaired) electrons. The molecule has 21 heavy (non-hydrogen) atoms. The quantitative estimate of drug-likeness (QED) is 0.788. The van der Waals surface area contributed by atoms with Crippen LogP contribution in [0.15, 0.2) is 30.3 Å². The molecular formula is C15H13F2N3O. The summed E-state index contributed by atoms with van der Waals surface area (Å²) in [6.07, 6.45) is 0. The third-order valence-corrected chi connectivity index (χ3v) is 3.35. The molecule has 0 aliphatic carbocycles. The van der Waals surface area contributed by atoms with Crippen molar-refractivity contribution in [1.82, 2.24) is 9.55 Å². The van der Waals surface area contributed by atoms with E-state index in [4.69, 9.17) is 10.5 Å². The van der Waals surface area contributed by atoms with Crippen LogP contribution in [0.5, 0.6) is 5.75 Å². The molecule has 0 spiro atoms. The minimum atomic E-state index is -0.466. The highest BCUT2D eigenvalue weighted by atomic mass is 19.1. The molecule has 2 aromatic carbocycles. The van der Waals surface area contributed by atoms with Crippen LogP contribution in [-0.2, 0) is 0 Å². The van der Waals surface area contributed by atoms with E-state index in [1.165, 1.54) is 25.3 Å². The number of fused-ring (bicyclic) bond motifs is 1. The monoisotopic (exact) mass is 289 g/mol. The second-order valence-electron chi connectivity index (χ2n) is 4.71. The second kappa shape index (κ2) is 4.73. The lowest BCUT2D eigenvalue weighted by molar-refractivity contribution is 0.386. The van der Waals surface area contributed by atoms with Gasteiger partial charge in [0.2, 0.25) is 5.95 Å². The Kier molecular flexibility index (Phi) is 3.01. The van der Waals surface area contributed by atoms with Crippen LogP contribution < -0.4 is 10.5 Å². The molecule has 0 amide bonds. The number of hydrogen-bond donors (Lipinski definition) is 1. The van der Waals surface area contributed by atoms with Crippen LogP contribution in [0.25, 0.3) is 16.7 Å². The molecule has 1 aromatic heterocycles. The summed E-state index contributed by atoms with van der Waals surface area (Å²) in [5.74, 6) is -0.508. The van der Waals surface area contributed by atoms with Crippen molar-refractivity contribution in [1.29, 1.82) is 0 Å². The van der Waals surface area contributed by atoms with Gasteiger partial charge in [-0.25, -0.2) is 13.8 Å². The van der Waals surface area contributed by atoms with E-state index in [0.717, 1.165) is 0 Å². The standard InChI is InChI=1S/C15H13F2N3O/c1-8-5-13-12(7-11(8)17)19-15(18)20(13)9-3-4-10(16)14(6-9)21-2/h3-7H,1-2H3,(H2,18,19). The van der Waals surface area contributed by atoms with Gasteiger partial charge >= 0.3 is 0 Å². The van der Waals surface area contributed by atoms with Gasteiger partial charge in [0.05, 0.1) is 23.8 Å². The van der Waals surface area contributed by atoms with Crippen molar-refractivity contribution in [2.45, 2.75) is 6.92 Å². The van der Waals surface area contributed by atoms with Crippen molar-refractivity contribution in [3.05, 3.63) is 47.5 Å². The summed E-state index contributed by atoms with van der Waals surface area (Å²) in [5, 5.41) is 0. The Hall–Kier alpha value is -2.63. The normalized spacial score (nSPS) is 11.0. The number of halogens is 2. The number of nitrogens with zero attached hydrogens (tertiary/aromatic N) is 2. The molecule has 0 atom stereocenters. The van der Waals surface area contributed by atoms with Crippen molar-refractivity contribution in [2.24, 2.45) is 0 Å². The molecule has 3 aromatic rings. The number of nitrogen functional groups attached to an aromatic ring is 1. The van der Waals surface area contributed by atoms with Crippen molar-refractivity contribution < 1.29 is 13.5 Å². The molecule has 4 nitrogen and oxygen atoms in total. The van der Waals surface area contributed by atoms with Gasteiger partial charge in [-0.05, 0) is 30.7 Å². The fourth-order valence-corrected chi connectivity index (χ4v) is 2.28. The molecule has 0 bridgehead atoms. The maximum Gasteiger partial charge on any atom is 0.205 e. The fraction of sp³-hybridized carbons (Fsp3) is 0.133. The zero-order chi connectivity index (χ0) is 15.1. The molecule has 2 N–H and O–H groups in total. The lowest BCUT2D eigenvalue weighted by atomic mass is 10.2. The molecule has 0 saturated carbocycles. The first-order valence-corrected chi connectivity index (χ1v) is 6.29. The number of hydrogen-bond acceptors (Lipinski definition) is 3. The zero-order valence-corrected chi connectivity index (χ0v) is 11.5. The Morgan fingerprint density at radius 1 is 1.14 bits per heavy atom. The van der Waals surface area contributed by atoms with Crippen LogP contribution in [0.1, 0.15) is 5.56 Å². The first kappa shape index (κ1) is 13.4. The van der Waals surface area contributed by atoms with Gasteiger partial charge in [-0.3, -0.25) is 4.57 Å². The van der Waals surface area contributed by atoms with Crippen LogP contribution >= 0.6 is 0 Å². The summed E-state index contributed by atoms with van der Waals surface area (Å²) in [7, 11) is 1.39. The van der Waals surface area contributed by atoms with Gasteiger partial charge in [-0.2, -0.15) is 0 Å². The summed E-state index contributed by atoms with van der Waals surface area (Å²) in [6.45, 7) is 1.66. The lowest BCUT2D eigenvalue weighted by Crippen LogP contribution is -2.01. The predicted octanol–water partition coefficient (Wildman–Crippen LogP) is 3.20. The summed E-state index contributed by atoms with van der Waals surface area (Å²) >= 11 is 0. The van der Waals surface area contributed by atoms with Crippen molar-refractivity contribution >= 4 is 17.0 Å². The van der Waals surface area contributed by atoms with E-state index in [1.54, 1.807) is 23.6 Å². The summed E-state index contributed by atoms with van der Waals surface area (Å²) in [4.78, 5) is 4.14. The number of methoxy groups -OCH3 is 1.